The monoisotopic (exact) mass is 504 g/mol. The molecule has 1 rings (SSSR count). The van der Waals surface area contributed by atoms with E-state index in [0.717, 1.165) is 0 Å². The van der Waals surface area contributed by atoms with Crippen LogP contribution in [0.25, 0.3) is 0 Å². The Hall–Kier alpha value is -1.40. The summed E-state index contributed by atoms with van der Waals surface area (Å²) in [7, 11) is 0. The zero-order chi connectivity index (χ0) is 24.5. The van der Waals surface area contributed by atoms with Crippen molar-refractivity contribution in [3.05, 3.63) is 35.9 Å². The molecule has 0 bridgehead atoms. The summed E-state index contributed by atoms with van der Waals surface area (Å²) >= 11 is 0. The predicted molar refractivity (Wildman–Crippen MR) is 83.9 cm³/mol. The fourth-order valence-electron chi connectivity index (χ4n) is 1.29. The molecule has 1 aromatic rings. The summed E-state index contributed by atoms with van der Waals surface area (Å²) in [6.07, 6.45) is -6.71. The van der Waals surface area contributed by atoms with Crippen molar-refractivity contribution in [2.45, 2.75) is 18.4 Å². The van der Waals surface area contributed by atoms with Crippen LogP contribution in [0.15, 0.2) is 30.3 Å². The van der Waals surface area contributed by atoms with Gasteiger partial charge in [-0.15, -0.1) is 0 Å². The van der Waals surface area contributed by atoms with Gasteiger partial charge in [0.05, 0.1) is 18.4 Å². The Kier molecular flexibility index (Phi) is 34.5. The van der Waals surface area contributed by atoms with Gasteiger partial charge in [0.2, 0.25) is 6.16 Å². The maximum Gasteiger partial charge on any atom is 1.00 e. The third-order valence-corrected chi connectivity index (χ3v) is 2.31. The maximum absolute atomic E-state index is 10.3. The number of carbonyl (C=O) groups excluding carboxylic acids is 1. The van der Waals surface area contributed by atoms with Crippen LogP contribution in [0, 0.1) is 0 Å². The average Bonchev–Trinajstić information content (AvgIpc) is 2.53. The molecule has 6 N–H and O–H groups in total. The minimum absolute atomic E-state index is 0. The largest absolute Gasteiger partial charge is 1.00 e. The average molecular weight is 504 g/mol. The molecule has 18 heteroatoms. The van der Waals surface area contributed by atoms with Crippen LogP contribution in [0.3, 0.4) is 0 Å². The number of benzene rings is 1. The second-order valence-corrected chi connectivity index (χ2v) is 4.66. The summed E-state index contributed by atoms with van der Waals surface area (Å²) in [6, 6.07) is 8.30. The van der Waals surface area contributed by atoms with Gasteiger partial charge in [-0.3, -0.25) is 9.59 Å². The molecular weight excluding hydrogens is 489 g/mol. The van der Waals surface area contributed by atoms with Gasteiger partial charge in [-0.05, 0) is 18.3 Å². The Balaban J connectivity index is -0.0000000798. The maximum atomic E-state index is 10.3. The van der Waals surface area contributed by atoms with Crippen molar-refractivity contribution in [1.82, 2.24) is 0 Å². The van der Waals surface area contributed by atoms with E-state index >= 15 is 0 Å². The Morgan fingerprint density at radius 2 is 0.970 bits per heavy atom. The molecule has 0 heterocycles. The SMILES string of the molecule is O=C(O)CC(O)(CC(=O)O)C(=O)O.O=C(O)c1ccccc1.O=C([O-])O.O=C([O-])[O-].[Na+].[Na+].[Na+]. The van der Waals surface area contributed by atoms with E-state index in [1.165, 1.54) is 0 Å². The standard InChI is InChI=1S/C7H6O2.C6H8O7.2CH2O3.3Na/c8-7(9)6-4-2-1-3-5-6;7-3(8)1-6(13,5(11)12)2-4(9)10;2*2-1(3)4;;;/h1-5H,(H,8,9);13H,1-2H2,(H,7,8)(H,9,10)(H,11,12);2*(H2,2,3,4);;;/q;;;;3*+1/p-3. The summed E-state index contributed by atoms with van der Waals surface area (Å²) in [6.45, 7) is 0. The molecule has 0 aliphatic rings. The number of hydrogen-bond donors (Lipinski definition) is 6. The van der Waals surface area contributed by atoms with E-state index in [1.54, 1.807) is 30.3 Å². The van der Waals surface area contributed by atoms with Crippen LogP contribution in [0.2, 0.25) is 0 Å². The van der Waals surface area contributed by atoms with Crippen LogP contribution in [0.5, 0.6) is 0 Å². The molecular formula is C15H15Na3O15. The first-order valence-electron chi connectivity index (χ1n) is 7.00. The molecule has 168 valence electrons. The second-order valence-electron chi connectivity index (χ2n) is 4.66. The van der Waals surface area contributed by atoms with Gasteiger partial charge in [-0.2, -0.15) is 0 Å². The Bertz CT molecular complexity index is 703. The van der Waals surface area contributed by atoms with Gasteiger partial charge in [0.1, 0.15) is 0 Å². The van der Waals surface area contributed by atoms with Crippen molar-refractivity contribution in [1.29, 1.82) is 0 Å². The third-order valence-electron chi connectivity index (χ3n) is 2.31. The van der Waals surface area contributed by atoms with Crippen molar-refractivity contribution >= 4 is 36.2 Å². The van der Waals surface area contributed by atoms with E-state index in [9.17, 15) is 19.2 Å². The topological polar surface area (TPSA) is 293 Å². The summed E-state index contributed by atoms with van der Waals surface area (Å²) < 4.78 is 0. The van der Waals surface area contributed by atoms with Crippen LogP contribution in [0.1, 0.15) is 23.2 Å². The molecule has 33 heavy (non-hydrogen) atoms. The van der Waals surface area contributed by atoms with E-state index in [2.05, 4.69) is 0 Å². The minimum Gasteiger partial charge on any atom is -0.652 e. The van der Waals surface area contributed by atoms with E-state index in [4.69, 9.17) is 55.5 Å². The Morgan fingerprint density at radius 1 is 0.697 bits per heavy atom. The number of rotatable bonds is 6. The first-order valence-corrected chi connectivity index (χ1v) is 7.00. The van der Waals surface area contributed by atoms with Gasteiger partial charge in [0.15, 0.2) is 5.60 Å². The van der Waals surface area contributed by atoms with Crippen LogP contribution in [-0.2, 0) is 14.4 Å². The molecule has 0 amide bonds. The van der Waals surface area contributed by atoms with Crippen molar-refractivity contribution in [2.75, 3.05) is 0 Å². The third kappa shape index (κ3) is 35.4. The fourth-order valence-corrected chi connectivity index (χ4v) is 1.29. The van der Waals surface area contributed by atoms with E-state index in [1.807, 2.05) is 0 Å². The molecule has 0 saturated heterocycles. The van der Waals surface area contributed by atoms with Gasteiger partial charge >= 0.3 is 113 Å². The molecule has 0 aliphatic carbocycles. The Morgan fingerprint density at radius 3 is 1.12 bits per heavy atom. The normalized spacial score (nSPS) is 8.15. The zero-order valence-corrected chi connectivity index (χ0v) is 23.7. The number of carbonyl (C=O) groups is 6. The van der Waals surface area contributed by atoms with Gasteiger partial charge < -0.3 is 55.5 Å². The fraction of sp³-hybridized carbons (Fsp3) is 0.200. The molecule has 0 aliphatic heterocycles. The van der Waals surface area contributed by atoms with Gasteiger partial charge in [-0.1, -0.05) is 18.2 Å². The molecule has 0 radical (unpaired) electrons. The molecule has 0 atom stereocenters. The molecule has 0 saturated carbocycles. The molecule has 1 aromatic carbocycles. The molecule has 0 spiro atoms. The summed E-state index contributed by atoms with van der Waals surface area (Å²) in [4.78, 5) is 57.5. The number of carboxylic acids is 4. The summed E-state index contributed by atoms with van der Waals surface area (Å²) in [5.41, 5.74) is -2.41. The van der Waals surface area contributed by atoms with E-state index in [0.29, 0.717) is 5.56 Å². The smallest absolute Gasteiger partial charge is 0.652 e. The first kappa shape index (κ1) is 45.1. The molecule has 0 fully saturated rings. The number of aliphatic hydroxyl groups is 1. The van der Waals surface area contributed by atoms with Crippen LogP contribution in [0.4, 0.5) is 9.59 Å². The predicted octanol–water partition coefficient (Wildman–Crippen LogP) is -12.4. The van der Waals surface area contributed by atoms with Gasteiger partial charge in [0.25, 0.3) is 0 Å². The number of carboxylic acid groups (broad SMARTS) is 8. The van der Waals surface area contributed by atoms with E-state index in [-0.39, 0.29) is 88.7 Å². The molecule has 0 unspecified atom stereocenters. The van der Waals surface area contributed by atoms with Crippen LogP contribution in [-0.4, -0.2) is 72.4 Å². The second kappa shape index (κ2) is 25.2. The Labute approximate surface area is 251 Å². The zero-order valence-electron chi connectivity index (χ0n) is 17.7. The van der Waals surface area contributed by atoms with Gasteiger partial charge in [-0.25, -0.2) is 9.59 Å². The number of aliphatic carboxylic acids is 3. The van der Waals surface area contributed by atoms with Crippen LogP contribution < -0.4 is 104 Å². The van der Waals surface area contributed by atoms with Crippen molar-refractivity contribution in [3.8, 4) is 0 Å². The number of aromatic carboxylic acids is 1. The molecule has 15 nitrogen and oxygen atoms in total. The number of hydrogen-bond acceptors (Lipinski definition) is 10. The quantitative estimate of drug-likeness (QED) is 0.196. The van der Waals surface area contributed by atoms with E-state index < -0.39 is 54.6 Å². The summed E-state index contributed by atoms with van der Waals surface area (Å²) in [5, 5.41) is 74.2. The minimum atomic E-state index is -2.74. The van der Waals surface area contributed by atoms with Crippen LogP contribution >= 0.6 is 0 Å². The summed E-state index contributed by atoms with van der Waals surface area (Å²) in [5.74, 6) is -5.90. The van der Waals surface area contributed by atoms with Crippen molar-refractivity contribution < 1.29 is 163 Å². The van der Waals surface area contributed by atoms with Crippen molar-refractivity contribution in [2.24, 2.45) is 0 Å². The molecule has 0 aromatic heterocycles. The van der Waals surface area contributed by atoms with Crippen molar-refractivity contribution in [3.63, 3.8) is 0 Å². The first-order chi connectivity index (χ1) is 13.5. The van der Waals surface area contributed by atoms with Gasteiger partial charge in [0, 0.05) is 0 Å².